The number of amides is 2. The summed E-state index contributed by atoms with van der Waals surface area (Å²) in [6.07, 6.45) is 6.56. The molecule has 2 amide bonds. The number of nitrogens with zero attached hydrogens (tertiary/aromatic N) is 2. The Kier molecular flexibility index (Phi) is 8.73. The SMILES string of the molecule is CS(=O)(=O)c1ccccc1N1CCC(NC(=O)C2(NC(=O)c3ccccn3)CCCCC2)C(=O)C1.Cl. The van der Waals surface area contributed by atoms with E-state index in [-0.39, 0.29) is 41.2 Å². The lowest BCUT2D eigenvalue weighted by Gasteiger charge is -2.39. The van der Waals surface area contributed by atoms with Crippen LogP contribution < -0.4 is 15.5 Å². The highest BCUT2D eigenvalue weighted by molar-refractivity contribution is 7.90. The molecule has 1 saturated heterocycles. The summed E-state index contributed by atoms with van der Waals surface area (Å²) in [7, 11) is -3.46. The second-order valence-corrected chi connectivity index (χ2v) is 11.2. The molecule has 0 bridgehead atoms. The van der Waals surface area contributed by atoms with Gasteiger partial charge >= 0.3 is 0 Å². The van der Waals surface area contributed by atoms with Crippen molar-refractivity contribution in [2.45, 2.75) is 55.0 Å². The molecular weight excluding hydrogens is 504 g/mol. The van der Waals surface area contributed by atoms with Crippen LogP contribution in [-0.4, -0.2) is 61.9 Å². The standard InChI is InChI=1S/C25H30N4O5S.ClH/c1-35(33,34)22-11-4-3-10-20(22)29-16-12-18(21(30)17-29)27-24(32)25(13-6-2-7-14-25)28-23(31)19-9-5-8-15-26-19;/h3-5,8-11,15,18H,2,6-7,12-14,16-17H2,1H3,(H,27,32)(H,28,31);1H. The number of piperidine rings is 1. The topological polar surface area (TPSA) is 126 Å². The van der Waals surface area contributed by atoms with Crippen LogP contribution in [0.25, 0.3) is 0 Å². The van der Waals surface area contributed by atoms with Gasteiger partial charge < -0.3 is 15.5 Å². The van der Waals surface area contributed by atoms with Gasteiger partial charge in [0.05, 0.1) is 23.2 Å². The van der Waals surface area contributed by atoms with Crippen LogP contribution in [0.2, 0.25) is 0 Å². The molecular formula is C25H31ClN4O5S. The Morgan fingerprint density at radius 2 is 1.75 bits per heavy atom. The lowest BCUT2D eigenvalue weighted by atomic mass is 9.80. The monoisotopic (exact) mass is 534 g/mol. The zero-order valence-corrected chi connectivity index (χ0v) is 21.7. The Hall–Kier alpha value is -2.98. The van der Waals surface area contributed by atoms with E-state index in [1.165, 1.54) is 12.3 Å². The maximum Gasteiger partial charge on any atom is 0.270 e. The number of ketones is 1. The van der Waals surface area contributed by atoms with E-state index in [0.717, 1.165) is 25.5 Å². The molecule has 0 spiro atoms. The molecule has 1 aliphatic heterocycles. The van der Waals surface area contributed by atoms with Crippen LogP contribution in [0.3, 0.4) is 0 Å². The van der Waals surface area contributed by atoms with Crippen molar-refractivity contribution >= 4 is 45.5 Å². The number of nitrogens with one attached hydrogen (secondary N) is 2. The maximum absolute atomic E-state index is 13.4. The number of sulfone groups is 1. The zero-order chi connectivity index (χ0) is 25.1. The van der Waals surface area contributed by atoms with Gasteiger partial charge in [-0.05, 0) is 43.5 Å². The lowest BCUT2D eigenvalue weighted by Crippen LogP contribution is -2.63. The van der Waals surface area contributed by atoms with Crippen molar-refractivity contribution < 1.29 is 22.8 Å². The summed E-state index contributed by atoms with van der Waals surface area (Å²) in [5.41, 5.74) is -0.369. The average molecular weight is 535 g/mol. The van der Waals surface area contributed by atoms with E-state index in [4.69, 9.17) is 0 Å². The van der Waals surface area contributed by atoms with Crippen LogP contribution in [0.4, 0.5) is 5.69 Å². The van der Waals surface area contributed by atoms with Gasteiger partial charge in [0, 0.05) is 19.0 Å². The molecule has 1 aromatic carbocycles. The lowest BCUT2D eigenvalue weighted by molar-refractivity contribution is -0.133. The highest BCUT2D eigenvalue weighted by Gasteiger charge is 2.43. The number of hydrogen-bond donors (Lipinski definition) is 2. The molecule has 1 saturated carbocycles. The normalized spacial score (nSPS) is 19.6. The number of anilines is 1. The summed E-state index contributed by atoms with van der Waals surface area (Å²) >= 11 is 0. The number of pyridine rings is 1. The summed E-state index contributed by atoms with van der Waals surface area (Å²) in [6, 6.07) is 10.9. The van der Waals surface area contributed by atoms with Crippen LogP contribution >= 0.6 is 12.4 Å². The van der Waals surface area contributed by atoms with E-state index in [9.17, 15) is 22.8 Å². The first-order valence-electron chi connectivity index (χ1n) is 11.8. The van der Waals surface area contributed by atoms with Gasteiger partial charge in [0.2, 0.25) is 5.91 Å². The van der Waals surface area contributed by atoms with Crippen LogP contribution in [0.5, 0.6) is 0 Å². The first kappa shape index (κ1) is 27.6. The fraction of sp³-hybridized carbons (Fsp3) is 0.440. The number of Topliss-reactive ketones (excluding diaryl/α,β-unsaturated/α-hetero) is 1. The predicted molar refractivity (Wildman–Crippen MR) is 138 cm³/mol. The van der Waals surface area contributed by atoms with Gasteiger partial charge in [-0.1, -0.05) is 37.5 Å². The smallest absolute Gasteiger partial charge is 0.270 e. The second kappa shape index (κ2) is 11.4. The minimum Gasteiger partial charge on any atom is -0.363 e. The average Bonchev–Trinajstić information content (AvgIpc) is 2.85. The van der Waals surface area contributed by atoms with Crippen LogP contribution in [0, 0.1) is 0 Å². The molecule has 4 rings (SSSR count). The summed E-state index contributed by atoms with van der Waals surface area (Å²) in [6.45, 7) is 0.404. The van der Waals surface area contributed by atoms with E-state index >= 15 is 0 Å². The van der Waals surface area contributed by atoms with Gasteiger partial charge in [0.1, 0.15) is 11.2 Å². The predicted octanol–water partition coefficient (Wildman–Crippen LogP) is 2.30. The molecule has 1 aliphatic carbocycles. The molecule has 2 N–H and O–H groups in total. The summed E-state index contributed by atoms with van der Waals surface area (Å²) in [5, 5.41) is 5.79. The van der Waals surface area contributed by atoms with Gasteiger partial charge in [0.15, 0.2) is 15.6 Å². The molecule has 2 aliphatic rings. The Morgan fingerprint density at radius 3 is 2.39 bits per heavy atom. The molecule has 1 unspecified atom stereocenters. The molecule has 1 aromatic heterocycles. The number of halogens is 1. The first-order chi connectivity index (χ1) is 16.7. The van der Waals surface area contributed by atoms with Crippen molar-refractivity contribution in [1.29, 1.82) is 0 Å². The molecule has 1 atom stereocenters. The summed E-state index contributed by atoms with van der Waals surface area (Å²) in [5.74, 6) is -0.971. The molecule has 2 heterocycles. The fourth-order valence-corrected chi connectivity index (χ4v) is 5.76. The number of aromatic nitrogens is 1. The van der Waals surface area contributed by atoms with E-state index in [1.807, 2.05) is 0 Å². The van der Waals surface area contributed by atoms with Crippen molar-refractivity contribution in [3.63, 3.8) is 0 Å². The third-order valence-electron chi connectivity index (χ3n) is 6.73. The van der Waals surface area contributed by atoms with Crippen molar-refractivity contribution in [2.24, 2.45) is 0 Å². The van der Waals surface area contributed by atoms with Crippen molar-refractivity contribution in [3.05, 3.63) is 54.4 Å². The largest absolute Gasteiger partial charge is 0.363 e. The minimum absolute atomic E-state index is 0. The van der Waals surface area contributed by atoms with Crippen molar-refractivity contribution in [3.8, 4) is 0 Å². The van der Waals surface area contributed by atoms with E-state index in [1.54, 1.807) is 41.3 Å². The molecule has 0 radical (unpaired) electrons. The molecule has 11 heteroatoms. The zero-order valence-electron chi connectivity index (χ0n) is 20.1. The maximum atomic E-state index is 13.4. The Morgan fingerprint density at radius 1 is 1.06 bits per heavy atom. The highest BCUT2D eigenvalue weighted by atomic mass is 35.5. The van der Waals surface area contributed by atoms with Gasteiger partial charge in [0.25, 0.3) is 5.91 Å². The molecule has 36 heavy (non-hydrogen) atoms. The number of para-hydroxylation sites is 1. The first-order valence-corrected chi connectivity index (χ1v) is 13.7. The van der Waals surface area contributed by atoms with E-state index < -0.39 is 27.3 Å². The van der Waals surface area contributed by atoms with Gasteiger partial charge in [-0.3, -0.25) is 19.4 Å². The molecule has 2 fully saturated rings. The Bertz CT molecular complexity index is 1220. The summed E-state index contributed by atoms with van der Waals surface area (Å²) in [4.78, 5) is 45.3. The van der Waals surface area contributed by atoms with Crippen LogP contribution in [-0.2, 0) is 19.4 Å². The number of rotatable bonds is 6. The highest BCUT2D eigenvalue weighted by Crippen LogP contribution is 2.30. The quantitative estimate of drug-likeness (QED) is 0.582. The van der Waals surface area contributed by atoms with Crippen molar-refractivity contribution in [2.75, 3.05) is 24.2 Å². The fourth-order valence-electron chi connectivity index (χ4n) is 4.85. The van der Waals surface area contributed by atoms with Crippen LogP contribution in [0.1, 0.15) is 49.0 Å². The summed E-state index contributed by atoms with van der Waals surface area (Å²) < 4.78 is 24.4. The van der Waals surface area contributed by atoms with E-state index in [0.29, 0.717) is 31.5 Å². The van der Waals surface area contributed by atoms with Gasteiger partial charge in [-0.15, -0.1) is 12.4 Å². The van der Waals surface area contributed by atoms with Crippen molar-refractivity contribution in [1.82, 2.24) is 15.6 Å². The van der Waals surface area contributed by atoms with Gasteiger partial charge in [-0.2, -0.15) is 0 Å². The minimum atomic E-state index is -3.46. The third kappa shape index (κ3) is 6.04. The Balaban J connectivity index is 0.00000361. The number of hydrogen-bond acceptors (Lipinski definition) is 7. The molecule has 9 nitrogen and oxygen atoms in total. The second-order valence-electron chi connectivity index (χ2n) is 9.25. The molecule has 194 valence electrons. The number of carbonyl (C=O) groups is 3. The van der Waals surface area contributed by atoms with Gasteiger partial charge in [-0.25, -0.2) is 8.42 Å². The number of benzene rings is 1. The Labute approximate surface area is 217 Å². The third-order valence-corrected chi connectivity index (χ3v) is 7.87. The van der Waals surface area contributed by atoms with Crippen LogP contribution in [0.15, 0.2) is 53.6 Å². The molecule has 2 aromatic rings. The van der Waals surface area contributed by atoms with E-state index in [2.05, 4.69) is 15.6 Å². The number of carbonyl (C=O) groups excluding carboxylic acids is 3.